The van der Waals surface area contributed by atoms with E-state index in [-0.39, 0.29) is 18.3 Å². The summed E-state index contributed by atoms with van der Waals surface area (Å²) >= 11 is 0. The normalized spacial score (nSPS) is 47.3. The van der Waals surface area contributed by atoms with Gasteiger partial charge in [-0.25, -0.2) is 0 Å². The van der Waals surface area contributed by atoms with Crippen LogP contribution >= 0.6 is 0 Å². The van der Waals surface area contributed by atoms with Crippen LogP contribution in [0.4, 0.5) is 0 Å². The molecule has 0 spiro atoms. The zero-order chi connectivity index (χ0) is 12.5. The Balaban J connectivity index is 2.22. The molecule has 0 aliphatic carbocycles. The van der Waals surface area contributed by atoms with Crippen molar-refractivity contribution >= 4 is 9.05 Å². The largest absolute Gasteiger partial charge is 0.680 e. The van der Waals surface area contributed by atoms with Gasteiger partial charge < -0.3 is 17.7 Å². The molecule has 0 saturated carbocycles. The van der Waals surface area contributed by atoms with Crippen LogP contribution < -0.4 is 0 Å². The fourth-order valence-corrected chi connectivity index (χ4v) is 4.95. The lowest BCUT2D eigenvalue weighted by molar-refractivity contribution is -0.129. The van der Waals surface area contributed by atoms with Gasteiger partial charge in [0.05, 0.1) is 18.3 Å². The summed E-state index contributed by atoms with van der Waals surface area (Å²) in [6.45, 7) is 11.4. The Kier molecular flexibility index (Phi) is 4.22. The van der Waals surface area contributed by atoms with Crippen LogP contribution in [0.15, 0.2) is 0 Å². The number of rotatable bonds is 2. The van der Waals surface area contributed by atoms with Gasteiger partial charge in [-0.1, -0.05) is 0 Å². The highest BCUT2D eigenvalue weighted by atomic mass is 28.4. The van der Waals surface area contributed by atoms with E-state index in [2.05, 4.69) is 4.90 Å². The minimum Gasteiger partial charge on any atom is -0.351 e. The summed E-state index contributed by atoms with van der Waals surface area (Å²) in [5.41, 5.74) is 0. The molecule has 0 N–H and O–H groups in total. The van der Waals surface area contributed by atoms with Gasteiger partial charge in [0.25, 0.3) is 0 Å². The van der Waals surface area contributed by atoms with Crippen molar-refractivity contribution in [1.82, 2.24) is 4.90 Å². The van der Waals surface area contributed by atoms with Crippen LogP contribution in [0, 0.1) is 0 Å². The van der Waals surface area contributed by atoms with Crippen LogP contribution in [-0.2, 0) is 17.7 Å². The lowest BCUT2D eigenvalue weighted by Gasteiger charge is -2.43. The molecule has 100 valence electrons. The fraction of sp³-hybridized carbons (Fsp3) is 1.00. The third kappa shape index (κ3) is 3.27. The van der Waals surface area contributed by atoms with Crippen molar-refractivity contribution in [3.63, 3.8) is 0 Å². The van der Waals surface area contributed by atoms with E-state index >= 15 is 0 Å². The molecule has 0 aromatic rings. The molecule has 0 amide bonds. The van der Waals surface area contributed by atoms with E-state index in [0.29, 0.717) is 6.61 Å². The van der Waals surface area contributed by atoms with E-state index < -0.39 is 9.05 Å². The van der Waals surface area contributed by atoms with Gasteiger partial charge in [-0.15, -0.1) is 0 Å². The van der Waals surface area contributed by atoms with Crippen LogP contribution in [0.3, 0.4) is 0 Å². The fourth-order valence-electron chi connectivity index (χ4n) is 2.53. The molecule has 3 heterocycles. The van der Waals surface area contributed by atoms with Gasteiger partial charge in [0, 0.05) is 26.2 Å². The minimum absolute atomic E-state index is 0.0909. The van der Waals surface area contributed by atoms with E-state index in [0.717, 1.165) is 19.6 Å². The molecule has 3 fully saturated rings. The predicted molar refractivity (Wildman–Crippen MR) is 65.5 cm³/mol. The molecular formula is C11H23NO4Si. The molecule has 3 aliphatic heterocycles. The topological polar surface area (TPSA) is 40.2 Å². The van der Waals surface area contributed by atoms with Crippen LogP contribution in [-0.4, -0.2) is 58.5 Å². The SMILES string of the molecule is CCO[Si]12O[C@@H](C)CN(C[C@H](C)O1)C[C@H](C)O2. The van der Waals surface area contributed by atoms with Gasteiger partial charge in [-0.2, -0.15) is 0 Å². The van der Waals surface area contributed by atoms with Gasteiger partial charge in [-0.05, 0) is 27.7 Å². The number of hydrogen-bond acceptors (Lipinski definition) is 5. The Morgan fingerprint density at radius 1 is 1.00 bits per heavy atom. The highest BCUT2D eigenvalue weighted by Gasteiger charge is 2.52. The molecule has 0 aromatic heterocycles. The highest BCUT2D eigenvalue weighted by Crippen LogP contribution is 2.25. The van der Waals surface area contributed by atoms with E-state index in [1.165, 1.54) is 0 Å². The Labute approximate surface area is 104 Å². The minimum atomic E-state index is -2.94. The summed E-state index contributed by atoms with van der Waals surface area (Å²) < 4.78 is 23.6. The third-order valence-corrected chi connectivity index (χ3v) is 5.62. The van der Waals surface area contributed by atoms with E-state index in [4.69, 9.17) is 17.7 Å². The Morgan fingerprint density at radius 3 is 1.76 bits per heavy atom. The first-order valence-electron chi connectivity index (χ1n) is 6.42. The summed E-state index contributed by atoms with van der Waals surface area (Å²) in [6.07, 6.45) is 0.273. The second kappa shape index (κ2) is 5.34. The van der Waals surface area contributed by atoms with Crippen molar-refractivity contribution in [2.75, 3.05) is 26.2 Å². The van der Waals surface area contributed by atoms with Crippen LogP contribution in [0.2, 0.25) is 0 Å². The van der Waals surface area contributed by atoms with Crippen molar-refractivity contribution < 1.29 is 17.7 Å². The third-order valence-electron chi connectivity index (χ3n) is 2.90. The molecule has 17 heavy (non-hydrogen) atoms. The van der Waals surface area contributed by atoms with Crippen molar-refractivity contribution in [2.45, 2.75) is 46.0 Å². The molecule has 3 aliphatic rings. The van der Waals surface area contributed by atoms with E-state index in [1.807, 2.05) is 27.7 Å². The smallest absolute Gasteiger partial charge is 0.351 e. The van der Waals surface area contributed by atoms with Gasteiger partial charge in [0.1, 0.15) is 0 Å². The second-order valence-corrected chi connectivity index (χ2v) is 6.93. The van der Waals surface area contributed by atoms with Gasteiger partial charge in [0.2, 0.25) is 0 Å². The molecule has 5 nitrogen and oxygen atoms in total. The summed E-state index contributed by atoms with van der Waals surface area (Å²) in [6, 6.07) is 0. The zero-order valence-corrected chi connectivity index (χ0v) is 12.1. The van der Waals surface area contributed by atoms with Gasteiger partial charge in [-0.3, -0.25) is 4.90 Å². The lowest BCUT2D eigenvalue weighted by atomic mass is 10.2. The van der Waals surface area contributed by atoms with E-state index in [9.17, 15) is 0 Å². The first-order chi connectivity index (χ1) is 8.03. The number of hydrogen-bond donors (Lipinski definition) is 0. The van der Waals surface area contributed by atoms with Crippen LogP contribution in [0.5, 0.6) is 0 Å². The average Bonchev–Trinajstić information content (AvgIpc) is 2.11. The monoisotopic (exact) mass is 261 g/mol. The van der Waals surface area contributed by atoms with Crippen molar-refractivity contribution in [2.24, 2.45) is 0 Å². The summed E-state index contributed by atoms with van der Waals surface area (Å²) in [5, 5.41) is 0. The van der Waals surface area contributed by atoms with Crippen molar-refractivity contribution in [3.8, 4) is 0 Å². The lowest BCUT2D eigenvalue weighted by Crippen LogP contribution is -2.62. The molecule has 0 unspecified atom stereocenters. The Bertz CT molecular complexity index is 230. The molecule has 3 saturated heterocycles. The predicted octanol–water partition coefficient (Wildman–Crippen LogP) is 1.00. The maximum atomic E-state index is 5.96. The maximum Gasteiger partial charge on any atom is 0.680 e. The van der Waals surface area contributed by atoms with E-state index in [1.54, 1.807) is 0 Å². The summed E-state index contributed by atoms with van der Waals surface area (Å²) in [7, 11) is -2.94. The summed E-state index contributed by atoms with van der Waals surface area (Å²) in [4.78, 5) is 2.34. The number of nitrogens with zero attached hydrogens (tertiary/aromatic N) is 1. The molecule has 3 rings (SSSR count). The van der Waals surface area contributed by atoms with Gasteiger partial charge in [0.15, 0.2) is 0 Å². The molecule has 2 bridgehead atoms. The Morgan fingerprint density at radius 2 is 1.41 bits per heavy atom. The van der Waals surface area contributed by atoms with Gasteiger partial charge >= 0.3 is 9.05 Å². The molecule has 3 atom stereocenters. The molecule has 6 heteroatoms. The zero-order valence-electron chi connectivity index (χ0n) is 11.1. The summed E-state index contributed by atoms with van der Waals surface area (Å²) in [5.74, 6) is 0. The Hall–Kier alpha value is 0.0169. The molecular weight excluding hydrogens is 238 g/mol. The van der Waals surface area contributed by atoms with Crippen LogP contribution in [0.1, 0.15) is 27.7 Å². The van der Waals surface area contributed by atoms with Crippen molar-refractivity contribution in [1.29, 1.82) is 0 Å². The quantitative estimate of drug-likeness (QED) is 0.694. The first kappa shape index (κ1) is 13.4. The molecule has 0 aromatic carbocycles. The first-order valence-corrected chi connectivity index (χ1v) is 8.06. The standard InChI is InChI=1S/C11H23NO4Si/c1-5-13-17-14-9(2)6-12(7-10(3)15-17)8-11(4)16-17/h9-11H,5-8H2,1-4H3/t9-,10-,11-/m0/s1. The molecule has 0 radical (unpaired) electrons. The number of fused-ring (bicyclic) bond motifs is 6. The van der Waals surface area contributed by atoms with Crippen LogP contribution in [0.25, 0.3) is 0 Å². The second-order valence-electron chi connectivity index (χ2n) is 4.94. The van der Waals surface area contributed by atoms with Crippen molar-refractivity contribution in [3.05, 3.63) is 0 Å². The highest BCUT2D eigenvalue weighted by molar-refractivity contribution is 6.53. The average molecular weight is 261 g/mol. The maximum absolute atomic E-state index is 5.96.